The number of aromatic nitrogens is 2. The molecule has 0 saturated heterocycles. The molecule has 0 aromatic carbocycles. The zero-order valence-corrected chi connectivity index (χ0v) is 13.2. The van der Waals surface area contributed by atoms with E-state index in [0.29, 0.717) is 6.04 Å². The highest BCUT2D eigenvalue weighted by molar-refractivity contribution is 7.15. The molecule has 1 aliphatic carbocycles. The van der Waals surface area contributed by atoms with Crippen LogP contribution >= 0.6 is 11.3 Å². The van der Waals surface area contributed by atoms with Gasteiger partial charge in [0.15, 0.2) is 10.8 Å². The number of nitrogens with zero attached hydrogens (tertiary/aromatic N) is 3. The summed E-state index contributed by atoms with van der Waals surface area (Å²) in [7, 11) is 2.20. The number of imidazole rings is 1. The van der Waals surface area contributed by atoms with Crippen molar-refractivity contribution in [3.63, 3.8) is 0 Å². The number of anilines is 1. The minimum Gasteiger partial charge on any atom is -0.355 e. The van der Waals surface area contributed by atoms with Crippen LogP contribution in [0.25, 0.3) is 4.96 Å². The van der Waals surface area contributed by atoms with Crippen molar-refractivity contribution in [1.29, 1.82) is 0 Å². The van der Waals surface area contributed by atoms with Crippen LogP contribution in [0.15, 0.2) is 11.6 Å². The Hall–Kier alpha value is -1.07. The van der Waals surface area contributed by atoms with Crippen LogP contribution in [-0.2, 0) is 6.42 Å². The third-order valence-electron chi connectivity index (χ3n) is 4.53. The first-order chi connectivity index (χ1) is 9.70. The van der Waals surface area contributed by atoms with Crippen molar-refractivity contribution < 1.29 is 0 Å². The van der Waals surface area contributed by atoms with Gasteiger partial charge in [-0.05, 0) is 19.3 Å². The van der Waals surface area contributed by atoms with Gasteiger partial charge in [-0.15, -0.1) is 11.3 Å². The third-order valence-corrected chi connectivity index (χ3v) is 5.28. The Labute approximate surface area is 124 Å². The molecule has 1 fully saturated rings. The second-order valence-electron chi connectivity index (χ2n) is 5.86. The summed E-state index contributed by atoms with van der Waals surface area (Å²) >= 11 is 1.70. The zero-order valence-electron chi connectivity index (χ0n) is 12.4. The summed E-state index contributed by atoms with van der Waals surface area (Å²) in [6.07, 6.45) is 9.31. The van der Waals surface area contributed by atoms with Gasteiger partial charge < -0.3 is 10.6 Å². The number of hydrogen-bond acceptors (Lipinski definition) is 4. The van der Waals surface area contributed by atoms with E-state index in [9.17, 15) is 0 Å². The summed E-state index contributed by atoms with van der Waals surface area (Å²) < 4.78 is 2.22. The first-order valence-corrected chi connectivity index (χ1v) is 8.51. The summed E-state index contributed by atoms with van der Waals surface area (Å²) in [5.41, 5.74) is 7.47. The van der Waals surface area contributed by atoms with Gasteiger partial charge in [-0.2, -0.15) is 0 Å². The minimum absolute atomic E-state index is 0.213. The highest BCUT2D eigenvalue weighted by atomic mass is 32.1. The van der Waals surface area contributed by atoms with E-state index in [1.807, 2.05) is 0 Å². The zero-order chi connectivity index (χ0) is 14.1. The smallest absolute Gasteiger partial charge is 0.195 e. The van der Waals surface area contributed by atoms with Crippen molar-refractivity contribution in [2.75, 3.05) is 11.9 Å². The first-order valence-electron chi connectivity index (χ1n) is 7.63. The summed E-state index contributed by atoms with van der Waals surface area (Å²) in [5.74, 6) is 1.15. The summed E-state index contributed by atoms with van der Waals surface area (Å²) in [5, 5.41) is 2.10. The molecule has 2 heterocycles. The maximum Gasteiger partial charge on any atom is 0.195 e. The van der Waals surface area contributed by atoms with Crippen LogP contribution in [0.3, 0.4) is 0 Å². The van der Waals surface area contributed by atoms with E-state index in [2.05, 4.69) is 34.8 Å². The van der Waals surface area contributed by atoms with E-state index in [-0.39, 0.29) is 6.04 Å². The van der Waals surface area contributed by atoms with Crippen LogP contribution in [0, 0.1) is 0 Å². The average Bonchev–Trinajstić information content (AvgIpc) is 3.15. The van der Waals surface area contributed by atoms with Crippen molar-refractivity contribution in [2.24, 2.45) is 5.73 Å². The molecular formula is C15H24N4S. The van der Waals surface area contributed by atoms with E-state index < -0.39 is 0 Å². The molecule has 0 spiro atoms. The van der Waals surface area contributed by atoms with E-state index in [1.165, 1.54) is 31.4 Å². The SMILES string of the molecule is CCC(N)Cc1c(N(C)C2CCCC2)nc2sccn12. The quantitative estimate of drug-likeness (QED) is 0.921. The third kappa shape index (κ3) is 2.44. The lowest BCUT2D eigenvalue weighted by molar-refractivity contribution is 0.618. The van der Waals surface area contributed by atoms with Gasteiger partial charge >= 0.3 is 0 Å². The Morgan fingerprint density at radius 1 is 1.50 bits per heavy atom. The molecule has 20 heavy (non-hydrogen) atoms. The number of fused-ring (bicyclic) bond motifs is 1. The standard InChI is InChI=1S/C15H24N4S/c1-3-11(16)10-13-14(17-15-19(13)8-9-20-15)18(2)12-6-4-5-7-12/h8-9,11-12H,3-7,10,16H2,1-2H3. The molecule has 1 unspecified atom stereocenters. The van der Waals surface area contributed by atoms with Gasteiger partial charge in [-0.25, -0.2) is 4.98 Å². The molecule has 0 aliphatic heterocycles. The van der Waals surface area contributed by atoms with Crippen molar-refractivity contribution >= 4 is 22.1 Å². The van der Waals surface area contributed by atoms with Crippen LogP contribution in [0.1, 0.15) is 44.7 Å². The summed E-state index contributed by atoms with van der Waals surface area (Å²) in [6.45, 7) is 2.15. The van der Waals surface area contributed by atoms with Gasteiger partial charge in [-0.3, -0.25) is 4.40 Å². The van der Waals surface area contributed by atoms with E-state index >= 15 is 0 Å². The van der Waals surface area contributed by atoms with Crippen LogP contribution in [0.4, 0.5) is 5.82 Å². The summed E-state index contributed by atoms with van der Waals surface area (Å²) in [6, 6.07) is 0.863. The van der Waals surface area contributed by atoms with Gasteiger partial charge in [0.25, 0.3) is 0 Å². The van der Waals surface area contributed by atoms with Crippen LogP contribution in [0.5, 0.6) is 0 Å². The molecule has 1 atom stereocenters. The van der Waals surface area contributed by atoms with Crippen LogP contribution < -0.4 is 10.6 Å². The normalized spacial score (nSPS) is 17.9. The molecule has 2 aromatic heterocycles. The first kappa shape index (κ1) is 13.9. The number of hydrogen-bond donors (Lipinski definition) is 1. The van der Waals surface area contributed by atoms with Crippen LogP contribution in [0.2, 0.25) is 0 Å². The van der Waals surface area contributed by atoms with Crippen molar-refractivity contribution in [1.82, 2.24) is 9.38 Å². The lowest BCUT2D eigenvalue weighted by atomic mass is 10.1. The monoisotopic (exact) mass is 292 g/mol. The van der Waals surface area contributed by atoms with Crippen LogP contribution in [-0.4, -0.2) is 28.5 Å². The fraction of sp³-hybridized carbons (Fsp3) is 0.667. The predicted octanol–water partition coefficient (Wildman–Crippen LogP) is 3.05. The molecule has 1 aliphatic rings. The molecule has 4 nitrogen and oxygen atoms in total. The lowest BCUT2D eigenvalue weighted by Crippen LogP contribution is -2.31. The van der Waals surface area contributed by atoms with Gasteiger partial charge in [-0.1, -0.05) is 19.8 Å². The van der Waals surface area contributed by atoms with Crippen molar-refractivity contribution in [3.05, 3.63) is 17.3 Å². The van der Waals surface area contributed by atoms with E-state index in [0.717, 1.165) is 23.6 Å². The second kappa shape index (κ2) is 5.74. The van der Waals surface area contributed by atoms with Gasteiger partial charge in [0.05, 0.1) is 5.69 Å². The number of nitrogens with two attached hydrogens (primary N) is 1. The summed E-state index contributed by atoms with van der Waals surface area (Å²) in [4.78, 5) is 8.34. The molecule has 2 aromatic rings. The Kier molecular flexibility index (Phi) is 3.98. The molecule has 110 valence electrons. The molecule has 0 radical (unpaired) electrons. The largest absolute Gasteiger partial charge is 0.355 e. The van der Waals surface area contributed by atoms with E-state index in [4.69, 9.17) is 10.7 Å². The predicted molar refractivity (Wildman–Crippen MR) is 85.7 cm³/mol. The molecule has 5 heteroatoms. The molecule has 1 saturated carbocycles. The van der Waals surface area contributed by atoms with Gasteiger partial charge in [0.2, 0.25) is 0 Å². The molecule has 0 bridgehead atoms. The molecule has 3 rings (SSSR count). The number of rotatable bonds is 5. The Morgan fingerprint density at radius 2 is 2.25 bits per heavy atom. The average molecular weight is 292 g/mol. The highest BCUT2D eigenvalue weighted by Crippen LogP contribution is 2.31. The second-order valence-corrected chi connectivity index (χ2v) is 6.73. The van der Waals surface area contributed by atoms with Gasteiger partial charge in [0, 0.05) is 37.1 Å². The maximum atomic E-state index is 6.19. The Morgan fingerprint density at radius 3 is 2.95 bits per heavy atom. The Balaban J connectivity index is 1.95. The molecule has 2 N–H and O–H groups in total. The topological polar surface area (TPSA) is 46.6 Å². The maximum absolute atomic E-state index is 6.19. The molecular weight excluding hydrogens is 268 g/mol. The number of thiazole rings is 1. The van der Waals surface area contributed by atoms with Crippen molar-refractivity contribution in [3.8, 4) is 0 Å². The molecule has 0 amide bonds. The fourth-order valence-electron chi connectivity index (χ4n) is 3.15. The van der Waals surface area contributed by atoms with Gasteiger partial charge in [0.1, 0.15) is 0 Å². The highest BCUT2D eigenvalue weighted by Gasteiger charge is 2.25. The minimum atomic E-state index is 0.213. The Bertz CT molecular complexity index is 567. The fourth-order valence-corrected chi connectivity index (χ4v) is 3.88. The van der Waals surface area contributed by atoms with Crippen molar-refractivity contribution in [2.45, 2.75) is 57.5 Å². The van der Waals surface area contributed by atoms with E-state index in [1.54, 1.807) is 11.3 Å². The lowest BCUT2D eigenvalue weighted by Gasteiger charge is -2.26.